The van der Waals surface area contributed by atoms with Crippen LogP contribution >= 0.6 is 0 Å². The molecule has 1 aliphatic rings. The van der Waals surface area contributed by atoms with Crippen LogP contribution in [0.25, 0.3) is 22.8 Å². The largest absolute Gasteiger partial charge is 2.00 e. The second-order valence-electron chi connectivity index (χ2n) is 8.74. The zero-order chi connectivity index (χ0) is 20.9. The summed E-state index contributed by atoms with van der Waals surface area (Å²) in [5, 5.41) is 0. The molecular formula is C26H22N4Pt. The van der Waals surface area contributed by atoms with Crippen molar-refractivity contribution in [2.75, 3.05) is 0 Å². The zero-order valence-electron chi connectivity index (χ0n) is 17.9. The Kier molecular flexibility index (Phi) is 5.39. The van der Waals surface area contributed by atoms with Crippen molar-refractivity contribution in [2.45, 2.75) is 38.5 Å². The maximum absolute atomic E-state index is 4.92. The molecule has 0 fully saturated rings. The topological polar surface area (TPSA) is 51.6 Å². The van der Waals surface area contributed by atoms with Crippen LogP contribution in [0.4, 0.5) is 0 Å². The number of aromatic nitrogens is 4. The molecule has 0 spiro atoms. The Labute approximate surface area is 197 Å². The molecule has 5 rings (SSSR count). The molecule has 2 aromatic heterocycles. The van der Waals surface area contributed by atoms with Crippen LogP contribution in [0.1, 0.15) is 50.2 Å². The van der Waals surface area contributed by atoms with E-state index in [-0.39, 0.29) is 31.9 Å². The number of rotatable bonds is 0. The van der Waals surface area contributed by atoms with Crippen LogP contribution < -0.4 is 0 Å². The van der Waals surface area contributed by atoms with Gasteiger partial charge in [0.05, 0.1) is 11.6 Å². The molecule has 4 aromatic rings. The quantitative estimate of drug-likeness (QED) is 0.268. The smallest absolute Gasteiger partial charge is 0.285 e. The standard InChI is InChI=1S/C26H22N4.Pt/c1-25(2)19-9-5-7-17(15-19)24-28-14-12-22(30-24)26(3,4)20-10-6-8-18(16-20)23-27-13-11-21(25)29-23;/h5-14H,1-4H3;/q-2;+2. The van der Waals surface area contributed by atoms with E-state index in [0.29, 0.717) is 11.6 Å². The third kappa shape index (κ3) is 3.63. The van der Waals surface area contributed by atoms with Gasteiger partial charge in [0.2, 0.25) is 0 Å². The third-order valence-corrected chi connectivity index (χ3v) is 6.01. The van der Waals surface area contributed by atoms with Gasteiger partial charge in [-0.15, -0.1) is 70.8 Å². The Morgan fingerprint density at radius 1 is 0.613 bits per heavy atom. The molecule has 0 aliphatic carbocycles. The molecule has 0 unspecified atom stereocenters. The van der Waals surface area contributed by atoms with Crippen molar-refractivity contribution in [3.63, 3.8) is 0 Å². The minimum atomic E-state index is -0.355. The average molecular weight is 586 g/mol. The molecule has 0 radical (unpaired) electrons. The van der Waals surface area contributed by atoms with Gasteiger partial charge in [0.15, 0.2) is 0 Å². The Hall–Kier alpha value is -2.71. The molecule has 0 saturated carbocycles. The summed E-state index contributed by atoms with van der Waals surface area (Å²) in [7, 11) is 0. The molecule has 8 bridgehead atoms. The maximum Gasteiger partial charge on any atom is 2.00 e. The molecule has 3 heterocycles. The third-order valence-electron chi connectivity index (χ3n) is 6.01. The summed E-state index contributed by atoms with van der Waals surface area (Å²) in [6.45, 7) is 8.62. The van der Waals surface area contributed by atoms with E-state index in [1.54, 1.807) is 0 Å². The van der Waals surface area contributed by atoms with Crippen molar-refractivity contribution in [3.8, 4) is 22.8 Å². The second-order valence-corrected chi connectivity index (χ2v) is 8.74. The summed E-state index contributed by atoms with van der Waals surface area (Å²) in [6, 6.07) is 23.3. The summed E-state index contributed by atoms with van der Waals surface area (Å²) in [5.74, 6) is 1.35. The molecule has 0 amide bonds. The Morgan fingerprint density at radius 3 is 1.45 bits per heavy atom. The molecule has 156 valence electrons. The van der Waals surface area contributed by atoms with Gasteiger partial charge in [-0.3, -0.25) is 19.9 Å². The van der Waals surface area contributed by atoms with Gasteiger partial charge in [0.1, 0.15) is 0 Å². The van der Waals surface area contributed by atoms with Crippen LogP contribution in [-0.4, -0.2) is 19.9 Å². The number of nitrogens with zero attached hydrogens (tertiary/aromatic N) is 4. The predicted octanol–water partition coefficient (Wildman–Crippen LogP) is 5.16. The van der Waals surface area contributed by atoms with Crippen LogP contribution in [0.15, 0.2) is 60.9 Å². The van der Waals surface area contributed by atoms with Crippen molar-refractivity contribution >= 4 is 0 Å². The van der Waals surface area contributed by atoms with Crippen molar-refractivity contribution in [1.82, 2.24) is 19.9 Å². The molecule has 0 saturated heterocycles. The first-order valence-corrected chi connectivity index (χ1v) is 10.1. The molecule has 0 N–H and O–H groups in total. The van der Waals surface area contributed by atoms with Crippen molar-refractivity contribution in [3.05, 3.63) is 95.6 Å². The zero-order valence-corrected chi connectivity index (χ0v) is 20.2. The first kappa shape index (κ1) is 21.5. The summed E-state index contributed by atoms with van der Waals surface area (Å²) in [6.07, 6.45) is 3.65. The fraction of sp³-hybridized carbons (Fsp3) is 0.231. The molecule has 0 atom stereocenters. The first-order chi connectivity index (χ1) is 14.4. The van der Waals surface area contributed by atoms with Gasteiger partial charge < -0.3 is 0 Å². The fourth-order valence-electron chi connectivity index (χ4n) is 3.88. The van der Waals surface area contributed by atoms with E-state index in [4.69, 9.17) is 9.97 Å². The fourth-order valence-corrected chi connectivity index (χ4v) is 3.88. The normalized spacial score (nSPS) is 15.4. The second kappa shape index (κ2) is 7.76. The van der Waals surface area contributed by atoms with E-state index >= 15 is 0 Å². The molecule has 1 aliphatic heterocycles. The summed E-state index contributed by atoms with van der Waals surface area (Å²) in [5.41, 5.74) is 4.99. The van der Waals surface area contributed by atoms with Gasteiger partial charge in [-0.25, -0.2) is 0 Å². The van der Waals surface area contributed by atoms with Gasteiger partial charge >= 0.3 is 21.1 Å². The van der Waals surface area contributed by atoms with Crippen LogP contribution in [-0.2, 0) is 31.9 Å². The van der Waals surface area contributed by atoms with Crippen molar-refractivity contribution < 1.29 is 21.1 Å². The monoisotopic (exact) mass is 585 g/mol. The molecule has 2 aromatic carbocycles. The number of fused-ring (bicyclic) bond motifs is 10. The first-order valence-electron chi connectivity index (χ1n) is 10.1. The summed E-state index contributed by atoms with van der Waals surface area (Å²) >= 11 is 0. The molecule has 5 heteroatoms. The van der Waals surface area contributed by atoms with Gasteiger partial charge in [-0.05, 0) is 12.1 Å². The summed E-state index contributed by atoms with van der Waals surface area (Å²) < 4.78 is 0. The van der Waals surface area contributed by atoms with E-state index in [1.165, 1.54) is 0 Å². The molecule has 31 heavy (non-hydrogen) atoms. The Bertz CT molecular complexity index is 1070. The van der Waals surface area contributed by atoms with E-state index in [9.17, 15) is 0 Å². The van der Waals surface area contributed by atoms with Crippen LogP contribution in [0, 0.1) is 12.1 Å². The van der Waals surface area contributed by atoms with Crippen LogP contribution in [0.2, 0.25) is 0 Å². The summed E-state index contributed by atoms with van der Waals surface area (Å²) in [4.78, 5) is 18.9. The minimum absolute atomic E-state index is 0. The Balaban J connectivity index is 0.00000231. The van der Waals surface area contributed by atoms with Gasteiger partial charge in [0, 0.05) is 34.6 Å². The van der Waals surface area contributed by atoms with Crippen LogP contribution in [0.5, 0.6) is 0 Å². The average Bonchev–Trinajstić information content (AvgIpc) is 2.79. The van der Waals surface area contributed by atoms with Gasteiger partial charge in [-0.2, -0.15) is 0 Å². The van der Waals surface area contributed by atoms with Crippen molar-refractivity contribution in [2.24, 2.45) is 0 Å². The molecular weight excluding hydrogens is 563 g/mol. The van der Waals surface area contributed by atoms with E-state index in [0.717, 1.165) is 33.6 Å². The van der Waals surface area contributed by atoms with Crippen molar-refractivity contribution in [1.29, 1.82) is 0 Å². The maximum atomic E-state index is 4.92. The van der Waals surface area contributed by atoms with E-state index in [2.05, 4.69) is 61.9 Å². The molecule has 4 nitrogen and oxygen atoms in total. The number of hydrogen-bond acceptors (Lipinski definition) is 4. The van der Waals surface area contributed by atoms with Crippen LogP contribution in [0.3, 0.4) is 0 Å². The van der Waals surface area contributed by atoms with E-state index in [1.807, 2.05) is 48.8 Å². The van der Waals surface area contributed by atoms with E-state index < -0.39 is 0 Å². The van der Waals surface area contributed by atoms with Gasteiger partial charge in [0.25, 0.3) is 0 Å². The van der Waals surface area contributed by atoms with Gasteiger partial charge in [-0.1, -0.05) is 27.7 Å². The minimum Gasteiger partial charge on any atom is -0.285 e. The number of hydrogen-bond donors (Lipinski definition) is 0. The Morgan fingerprint density at radius 2 is 1.03 bits per heavy atom. The predicted molar refractivity (Wildman–Crippen MR) is 117 cm³/mol. The SMILES string of the molecule is CC1(C)c2[c-]c(ccc2)-c2nccc(n2)C(C)(C)c2[c-]c(ccc2)-c2nccc1n2.[Pt+2]. The number of benzene rings is 2.